The number of benzene rings is 2. The zero-order valence-electron chi connectivity index (χ0n) is 14.3. The molecule has 4 aromatic rings. The SMILES string of the molecule is O=C(NC(c1ccccc1)c1ccc2nc(C(F)(F)F)[nH]c2c1)c1cccs1. The van der Waals surface area contributed by atoms with Crippen molar-refractivity contribution in [2.45, 2.75) is 12.2 Å². The molecule has 142 valence electrons. The van der Waals surface area contributed by atoms with Crippen molar-refractivity contribution in [3.05, 3.63) is 87.9 Å². The molecular formula is C20H14F3N3OS. The number of aromatic nitrogens is 2. The average molecular weight is 401 g/mol. The minimum atomic E-state index is -4.55. The highest BCUT2D eigenvalue weighted by Crippen LogP contribution is 2.30. The molecule has 0 fully saturated rings. The molecule has 0 aliphatic carbocycles. The second-order valence-corrected chi connectivity index (χ2v) is 7.10. The number of amides is 1. The maximum Gasteiger partial charge on any atom is 0.449 e. The summed E-state index contributed by atoms with van der Waals surface area (Å²) < 4.78 is 38.8. The van der Waals surface area contributed by atoms with E-state index in [0.29, 0.717) is 10.4 Å². The van der Waals surface area contributed by atoms with Crippen LogP contribution in [0.25, 0.3) is 11.0 Å². The molecule has 28 heavy (non-hydrogen) atoms. The number of H-pyrrole nitrogens is 1. The Bertz CT molecular complexity index is 1100. The molecule has 4 nitrogen and oxygen atoms in total. The van der Waals surface area contributed by atoms with Crippen LogP contribution in [0.15, 0.2) is 66.0 Å². The molecule has 0 spiro atoms. The number of fused-ring (bicyclic) bond motifs is 1. The molecule has 2 aromatic heterocycles. The lowest BCUT2D eigenvalue weighted by Crippen LogP contribution is -2.28. The summed E-state index contributed by atoms with van der Waals surface area (Å²) in [5.41, 5.74) is 1.95. The van der Waals surface area contributed by atoms with Crippen molar-refractivity contribution in [3.8, 4) is 0 Å². The van der Waals surface area contributed by atoms with Crippen LogP contribution in [0, 0.1) is 0 Å². The smallest absolute Gasteiger partial charge is 0.340 e. The third-order valence-electron chi connectivity index (χ3n) is 4.26. The molecular weight excluding hydrogens is 387 g/mol. The van der Waals surface area contributed by atoms with Crippen molar-refractivity contribution in [2.24, 2.45) is 0 Å². The van der Waals surface area contributed by atoms with Crippen LogP contribution in [-0.2, 0) is 6.18 Å². The van der Waals surface area contributed by atoms with Crippen LogP contribution in [0.4, 0.5) is 13.2 Å². The largest absolute Gasteiger partial charge is 0.449 e. The summed E-state index contributed by atoms with van der Waals surface area (Å²) in [7, 11) is 0. The van der Waals surface area contributed by atoms with E-state index in [-0.39, 0.29) is 16.9 Å². The van der Waals surface area contributed by atoms with Gasteiger partial charge in [0.05, 0.1) is 22.0 Å². The number of imidazole rings is 1. The molecule has 2 heterocycles. The van der Waals surface area contributed by atoms with E-state index in [1.165, 1.54) is 17.4 Å². The molecule has 4 rings (SSSR count). The third kappa shape index (κ3) is 3.63. The molecule has 1 atom stereocenters. The van der Waals surface area contributed by atoms with Gasteiger partial charge in [-0.05, 0) is 34.7 Å². The molecule has 8 heteroatoms. The Morgan fingerprint density at radius 2 is 1.82 bits per heavy atom. The molecule has 0 aliphatic heterocycles. The number of hydrogen-bond acceptors (Lipinski definition) is 3. The fourth-order valence-corrected chi connectivity index (χ4v) is 3.58. The maximum atomic E-state index is 12.9. The van der Waals surface area contributed by atoms with E-state index in [1.54, 1.807) is 24.3 Å². The Morgan fingerprint density at radius 3 is 2.50 bits per heavy atom. The first-order valence-corrected chi connectivity index (χ1v) is 9.26. The number of hydrogen-bond donors (Lipinski definition) is 2. The Morgan fingerprint density at radius 1 is 1.04 bits per heavy atom. The zero-order chi connectivity index (χ0) is 19.7. The Balaban J connectivity index is 1.74. The summed E-state index contributed by atoms with van der Waals surface area (Å²) in [5, 5.41) is 4.78. The van der Waals surface area contributed by atoms with Gasteiger partial charge in [0.25, 0.3) is 5.91 Å². The number of nitrogens with zero attached hydrogens (tertiary/aromatic N) is 1. The van der Waals surface area contributed by atoms with Crippen molar-refractivity contribution >= 4 is 28.3 Å². The van der Waals surface area contributed by atoms with Gasteiger partial charge in [0.2, 0.25) is 5.82 Å². The average Bonchev–Trinajstić information content (AvgIpc) is 3.35. The number of carbonyl (C=O) groups excluding carboxylic acids is 1. The number of alkyl halides is 3. The predicted molar refractivity (Wildman–Crippen MR) is 101 cm³/mol. The molecule has 0 bridgehead atoms. The quantitative estimate of drug-likeness (QED) is 0.496. The van der Waals surface area contributed by atoms with Crippen LogP contribution in [0.5, 0.6) is 0 Å². The van der Waals surface area contributed by atoms with Gasteiger partial charge in [-0.15, -0.1) is 11.3 Å². The van der Waals surface area contributed by atoms with Crippen LogP contribution < -0.4 is 5.32 Å². The van der Waals surface area contributed by atoms with E-state index in [9.17, 15) is 18.0 Å². The van der Waals surface area contributed by atoms with Crippen LogP contribution in [0.1, 0.15) is 32.7 Å². The summed E-state index contributed by atoms with van der Waals surface area (Å²) in [6.45, 7) is 0. The van der Waals surface area contributed by atoms with Crippen molar-refractivity contribution in [1.29, 1.82) is 0 Å². The predicted octanol–water partition coefficient (Wildman–Crippen LogP) is 5.16. The zero-order valence-corrected chi connectivity index (χ0v) is 15.1. The lowest BCUT2D eigenvalue weighted by Gasteiger charge is -2.19. The first-order valence-electron chi connectivity index (χ1n) is 8.38. The fourth-order valence-electron chi connectivity index (χ4n) is 2.96. The van der Waals surface area contributed by atoms with Gasteiger partial charge in [-0.3, -0.25) is 4.79 Å². The van der Waals surface area contributed by atoms with E-state index in [2.05, 4.69) is 15.3 Å². The highest BCUT2D eigenvalue weighted by atomic mass is 32.1. The Kier molecular flexibility index (Phi) is 4.64. The number of thiophene rings is 1. The molecule has 0 radical (unpaired) electrons. The van der Waals surface area contributed by atoms with E-state index in [1.807, 2.05) is 35.7 Å². The van der Waals surface area contributed by atoms with E-state index in [0.717, 1.165) is 5.56 Å². The van der Waals surface area contributed by atoms with Gasteiger partial charge in [-0.1, -0.05) is 42.5 Å². The van der Waals surface area contributed by atoms with Gasteiger partial charge in [0.1, 0.15) is 0 Å². The number of carbonyl (C=O) groups is 1. The molecule has 1 amide bonds. The normalized spacial score (nSPS) is 12.8. The van der Waals surface area contributed by atoms with E-state index < -0.39 is 18.0 Å². The highest BCUT2D eigenvalue weighted by molar-refractivity contribution is 7.12. The number of halogens is 3. The number of nitrogens with one attached hydrogen (secondary N) is 2. The van der Waals surface area contributed by atoms with Crippen LogP contribution in [0.3, 0.4) is 0 Å². The minimum absolute atomic E-state index is 0.215. The monoisotopic (exact) mass is 401 g/mol. The lowest BCUT2D eigenvalue weighted by atomic mass is 9.98. The van der Waals surface area contributed by atoms with Crippen LogP contribution >= 0.6 is 11.3 Å². The standard InChI is InChI=1S/C20H14F3N3OS/c21-20(22,23)19-24-14-9-8-13(11-15(14)25-19)17(12-5-2-1-3-6-12)26-18(27)16-7-4-10-28-16/h1-11,17H,(H,24,25)(H,26,27). The molecule has 1 unspecified atom stereocenters. The van der Waals surface area contributed by atoms with Crippen molar-refractivity contribution in [3.63, 3.8) is 0 Å². The number of rotatable bonds is 4. The summed E-state index contributed by atoms with van der Waals surface area (Å²) in [6, 6.07) is 17.0. The summed E-state index contributed by atoms with van der Waals surface area (Å²) in [6.07, 6.45) is -4.55. The molecule has 0 aliphatic rings. The van der Waals surface area contributed by atoms with Gasteiger partial charge >= 0.3 is 6.18 Å². The van der Waals surface area contributed by atoms with Gasteiger partial charge in [-0.25, -0.2) is 4.98 Å². The van der Waals surface area contributed by atoms with Gasteiger partial charge in [0, 0.05) is 0 Å². The fraction of sp³-hybridized carbons (Fsp3) is 0.100. The van der Waals surface area contributed by atoms with E-state index >= 15 is 0 Å². The third-order valence-corrected chi connectivity index (χ3v) is 5.13. The first kappa shape index (κ1) is 18.2. The first-order chi connectivity index (χ1) is 13.4. The maximum absolute atomic E-state index is 12.9. The minimum Gasteiger partial charge on any atom is -0.340 e. The summed E-state index contributed by atoms with van der Waals surface area (Å²) >= 11 is 1.32. The Hall–Kier alpha value is -3.13. The van der Waals surface area contributed by atoms with E-state index in [4.69, 9.17) is 0 Å². The second kappa shape index (κ2) is 7.12. The van der Waals surface area contributed by atoms with Crippen LogP contribution in [0.2, 0.25) is 0 Å². The van der Waals surface area contributed by atoms with Crippen LogP contribution in [-0.4, -0.2) is 15.9 Å². The number of aromatic amines is 1. The molecule has 2 N–H and O–H groups in total. The molecule has 2 aromatic carbocycles. The lowest BCUT2D eigenvalue weighted by molar-refractivity contribution is -0.144. The van der Waals surface area contributed by atoms with Crippen molar-refractivity contribution < 1.29 is 18.0 Å². The summed E-state index contributed by atoms with van der Waals surface area (Å²) in [5.74, 6) is -1.29. The van der Waals surface area contributed by atoms with Gasteiger partial charge in [0.15, 0.2) is 0 Å². The molecule has 0 saturated carbocycles. The van der Waals surface area contributed by atoms with Crippen molar-refractivity contribution in [2.75, 3.05) is 0 Å². The highest BCUT2D eigenvalue weighted by Gasteiger charge is 2.34. The summed E-state index contributed by atoms with van der Waals surface area (Å²) in [4.78, 5) is 19.1. The van der Waals surface area contributed by atoms with Gasteiger partial charge in [-0.2, -0.15) is 13.2 Å². The van der Waals surface area contributed by atoms with Gasteiger partial charge < -0.3 is 10.3 Å². The van der Waals surface area contributed by atoms with Crippen molar-refractivity contribution in [1.82, 2.24) is 15.3 Å². The second-order valence-electron chi connectivity index (χ2n) is 6.15. The topological polar surface area (TPSA) is 57.8 Å². The Labute approximate surface area is 162 Å². The molecule has 0 saturated heterocycles.